The van der Waals surface area contributed by atoms with Crippen molar-refractivity contribution in [2.75, 3.05) is 16.0 Å². The summed E-state index contributed by atoms with van der Waals surface area (Å²) in [5.41, 5.74) is 5.88. The van der Waals surface area contributed by atoms with Crippen molar-refractivity contribution in [2.24, 2.45) is 0 Å². The summed E-state index contributed by atoms with van der Waals surface area (Å²) in [5, 5.41) is 14.0. The van der Waals surface area contributed by atoms with E-state index in [0.29, 0.717) is 28.7 Å². The number of nitrogens with one attached hydrogen (secondary N) is 3. The molecule has 5 rings (SSSR count). The Kier molecular flexibility index (Phi) is 6.63. The lowest BCUT2D eigenvalue weighted by atomic mass is 10.2. The highest BCUT2D eigenvalue weighted by Crippen LogP contribution is 2.23. The van der Waals surface area contributed by atoms with Gasteiger partial charge in [-0.05, 0) is 69.3 Å². The molecule has 0 aliphatic carbocycles. The van der Waals surface area contributed by atoms with Crippen molar-refractivity contribution in [3.8, 4) is 5.69 Å². The van der Waals surface area contributed by atoms with Crippen LogP contribution in [0.1, 0.15) is 27.4 Å². The van der Waals surface area contributed by atoms with E-state index >= 15 is 0 Å². The summed E-state index contributed by atoms with van der Waals surface area (Å²) in [5.74, 6) is 1.81. The van der Waals surface area contributed by atoms with Crippen molar-refractivity contribution in [2.45, 2.75) is 20.8 Å². The van der Waals surface area contributed by atoms with E-state index in [2.05, 4.69) is 37.9 Å². The van der Waals surface area contributed by atoms with Gasteiger partial charge in [0.25, 0.3) is 5.91 Å². The molecule has 5 aromatic rings. The normalized spacial score (nSPS) is 10.7. The van der Waals surface area contributed by atoms with Crippen molar-refractivity contribution in [1.29, 1.82) is 0 Å². The molecular weight excluding hydrogens is 462 g/mol. The van der Waals surface area contributed by atoms with Crippen LogP contribution in [0.5, 0.6) is 0 Å². The second kappa shape index (κ2) is 10.3. The Morgan fingerprint density at radius 1 is 0.730 bits per heavy atom. The summed E-state index contributed by atoms with van der Waals surface area (Å²) in [6.07, 6.45) is 1.59. The smallest absolute Gasteiger partial charge is 0.259 e. The second-order valence-corrected chi connectivity index (χ2v) is 8.72. The van der Waals surface area contributed by atoms with Gasteiger partial charge in [-0.2, -0.15) is 5.10 Å². The first-order valence-corrected chi connectivity index (χ1v) is 11.9. The Morgan fingerprint density at radius 2 is 1.30 bits per heavy atom. The minimum Gasteiger partial charge on any atom is -0.340 e. The van der Waals surface area contributed by atoms with Crippen LogP contribution in [0.4, 0.5) is 28.7 Å². The molecule has 0 radical (unpaired) electrons. The van der Waals surface area contributed by atoms with Gasteiger partial charge in [-0.15, -0.1) is 0 Å². The lowest BCUT2D eigenvalue weighted by Gasteiger charge is -2.11. The predicted molar refractivity (Wildman–Crippen MR) is 147 cm³/mol. The number of aryl methyl sites for hydroxylation is 2. The Bertz CT molecular complexity index is 1530. The maximum atomic E-state index is 12.9. The molecule has 0 atom stereocenters. The monoisotopic (exact) mass is 489 g/mol. The zero-order valence-corrected chi connectivity index (χ0v) is 20.9. The zero-order valence-electron chi connectivity index (χ0n) is 20.9. The van der Waals surface area contributed by atoms with Crippen LogP contribution in [0, 0.1) is 20.8 Å². The maximum Gasteiger partial charge on any atom is 0.259 e. The molecule has 8 heteroatoms. The Balaban J connectivity index is 1.25. The average molecular weight is 490 g/mol. The van der Waals surface area contributed by atoms with Gasteiger partial charge < -0.3 is 16.0 Å². The SMILES string of the molecule is Cc1ccc(Nc2cc(Nc3ccc(NC(=O)c4cnn(-c5ccccc5)c4C)cc3)nc(C)n2)cc1. The fourth-order valence-corrected chi connectivity index (χ4v) is 3.93. The molecule has 0 unspecified atom stereocenters. The number of aromatic nitrogens is 4. The molecule has 0 bridgehead atoms. The summed E-state index contributed by atoms with van der Waals surface area (Å²) in [6.45, 7) is 5.79. The van der Waals surface area contributed by atoms with Gasteiger partial charge in [-0.25, -0.2) is 14.6 Å². The quantitative estimate of drug-likeness (QED) is 0.247. The highest BCUT2D eigenvalue weighted by molar-refractivity contribution is 6.05. The minimum absolute atomic E-state index is 0.210. The first kappa shape index (κ1) is 23.7. The van der Waals surface area contributed by atoms with Crippen LogP contribution in [0.2, 0.25) is 0 Å². The number of nitrogens with zero attached hydrogens (tertiary/aromatic N) is 4. The average Bonchev–Trinajstić information content (AvgIpc) is 3.28. The number of rotatable bonds is 7. The Hall–Kier alpha value is -4.98. The zero-order chi connectivity index (χ0) is 25.8. The number of anilines is 5. The fraction of sp³-hybridized carbons (Fsp3) is 0.103. The topological polar surface area (TPSA) is 96.8 Å². The molecule has 0 fully saturated rings. The number of para-hydroxylation sites is 1. The van der Waals surface area contributed by atoms with Crippen molar-refractivity contribution >= 4 is 34.6 Å². The number of amides is 1. The molecule has 0 aliphatic heterocycles. The summed E-state index contributed by atoms with van der Waals surface area (Å²) in [7, 11) is 0. The van der Waals surface area contributed by atoms with E-state index in [-0.39, 0.29) is 5.91 Å². The van der Waals surface area contributed by atoms with E-state index < -0.39 is 0 Å². The molecular formula is C29H27N7O. The maximum absolute atomic E-state index is 12.9. The first-order valence-electron chi connectivity index (χ1n) is 11.9. The molecule has 0 saturated heterocycles. The van der Waals surface area contributed by atoms with Crippen LogP contribution < -0.4 is 16.0 Å². The number of benzene rings is 3. The van der Waals surface area contributed by atoms with E-state index in [1.807, 2.05) is 98.8 Å². The molecule has 1 amide bonds. The highest BCUT2D eigenvalue weighted by Gasteiger charge is 2.15. The van der Waals surface area contributed by atoms with E-state index in [4.69, 9.17) is 0 Å². The van der Waals surface area contributed by atoms with E-state index in [1.54, 1.807) is 10.9 Å². The van der Waals surface area contributed by atoms with Crippen LogP contribution in [0.3, 0.4) is 0 Å². The summed E-state index contributed by atoms with van der Waals surface area (Å²) in [6, 6.07) is 27.2. The lowest BCUT2D eigenvalue weighted by molar-refractivity contribution is 0.102. The standard InChI is InChI=1S/C29H27N7O/c1-19-9-11-22(12-10-19)33-27-17-28(32-21(3)31-27)34-23-13-15-24(16-14-23)35-29(37)26-18-30-36(20(26)2)25-7-5-4-6-8-25/h4-18H,1-3H3,(H,35,37)(H2,31,32,33,34). The lowest BCUT2D eigenvalue weighted by Crippen LogP contribution is -2.13. The molecule has 2 heterocycles. The molecule has 37 heavy (non-hydrogen) atoms. The number of hydrogen-bond donors (Lipinski definition) is 3. The third-order valence-corrected chi connectivity index (χ3v) is 5.83. The van der Waals surface area contributed by atoms with Gasteiger partial charge in [0.1, 0.15) is 17.5 Å². The first-order chi connectivity index (χ1) is 17.9. The van der Waals surface area contributed by atoms with Crippen molar-refractivity contribution in [3.63, 3.8) is 0 Å². The van der Waals surface area contributed by atoms with Gasteiger partial charge in [0.15, 0.2) is 0 Å². The van der Waals surface area contributed by atoms with Gasteiger partial charge in [0.2, 0.25) is 0 Å². The van der Waals surface area contributed by atoms with Gasteiger partial charge in [0.05, 0.1) is 23.1 Å². The van der Waals surface area contributed by atoms with Gasteiger partial charge in [-0.3, -0.25) is 4.79 Å². The molecule has 0 aliphatic rings. The van der Waals surface area contributed by atoms with Crippen LogP contribution in [-0.4, -0.2) is 25.7 Å². The van der Waals surface area contributed by atoms with Gasteiger partial charge >= 0.3 is 0 Å². The molecule has 3 N–H and O–H groups in total. The summed E-state index contributed by atoms with van der Waals surface area (Å²) >= 11 is 0. The second-order valence-electron chi connectivity index (χ2n) is 8.72. The number of carbonyl (C=O) groups excluding carboxylic acids is 1. The number of hydrogen-bond acceptors (Lipinski definition) is 6. The molecule has 0 spiro atoms. The third-order valence-electron chi connectivity index (χ3n) is 5.83. The predicted octanol–water partition coefficient (Wildman–Crippen LogP) is 6.33. The largest absolute Gasteiger partial charge is 0.340 e. The van der Waals surface area contributed by atoms with Gasteiger partial charge in [0, 0.05) is 23.1 Å². The molecule has 2 aromatic heterocycles. The van der Waals surface area contributed by atoms with E-state index in [1.165, 1.54) is 5.56 Å². The van der Waals surface area contributed by atoms with Crippen LogP contribution >= 0.6 is 0 Å². The molecule has 3 aromatic carbocycles. The molecule has 184 valence electrons. The molecule has 8 nitrogen and oxygen atoms in total. The third kappa shape index (κ3) is 5.65. The van der Waals surface area contributed by atoms with Crippen molar-refractivity contribution in [3.05, 3.63) is 114 Å². The Morgan fingerprint density at radius 3 is 1.92 bits per heavy atom. The van der Waals surface area contributed by atoms with E-state index in [0.717, 1.165) is 22.8 Å². The minimum atomic E-state index is -0.210. The number of carbonyl (C=O) groups is 1. The van der Waals surface area contributed by atoms with Gasteiger partial charge in [-0.1, -0.05) is 35.9 Å². The van der Waals surface area contributed by atoms with Crippen molar-refractivity contribution < 1.29 is 4.79 Å². The van der Waals surface area contributed by atoms with Crippen LogP contribution in [-0.2, 0) is 0 Å². The Labute approximate surface area is 215 Å². The van der Waals surface area contributed by atoms with E-state index in [9.17, 15) is 4.79 Å². The fourth-order valence-electron chi connectivity index (χ4n) is 3.93. The van der Waals surface area contributed by atoms with Crippen LogP contribution in [0.15, 0.2) is 91.1 Å². The van der Waals surface area contributed by atoms with Crippen molar-refractivity contribution in [1.82, 2.24) is 19.7 Å². The van der Waals surface area contributed by atoms with Crippen LogP contribution in [0.25, 0.3) is 5.69 Å². The summed E-state index contributed by atoms with van der Waals surface area (Å²) in [4.78, 5) is 21.9. The molecule has 0 saturated carbocycles. The highest BCUT2D eigenvalue weighted by atomic mass is 16.1. The summed E-state index contributed by atoms with van der Waals surface area (Å²) < 4.78 is 1.76.